The average molecular weight is 295 g/mol. The highest BCUT2D eigenvalue weighted by Crippen LogP contribution is 2.27. The van der Waals surface area contributed by atoms with Crippen LogP contribution in [0.2, 0.25) is 5.15 Å². The lowest BCUT2D eigenvalue weighted by molar-refractivity contribution is 0.381. The minimum absolute atomic E-state index is 0.502. The van der Waals surface area contributed by atoms with Gasteiger partial charge >= 0.3 is 0 Å². The molecule has 0 unspecified atom stereocenters. The molecule has 1 aliphatic rings. The molecule has 0 aliphatic carbocycles. The average Bonchev–Trinajstić information content (AvgIpc) is 1.91. The van der Waals surface area contributed by atoms with Crippen molar-refractivity contribution < 1.29 is 0 Å². The first-order chi connectivity index (χ1) is 5.77. The molecule has 0 saturated carbocycles. The van der Waals surface area contributed by atoms with E-state index in [-0.39, 0.29) is 0 Å². The molecule has 12 heavy (non-hydrogen) atoms. The Kier molecular flexibility index (Phi) is 2.52. The molecule has 2 rings (SSSR count). The summed E-state index contributed by atoms with van der Waals surface area (Å²) in [5.74, 6) is 0. The van der Waals surface area contributed by atoms with Crippen LogP contribution in [0, 0.1) is 3.57 Å². The standard InChI is InChI=1S/C8H8ClIN2/c9-8-3-6(10)5(4-12-8)7-1-2-11-7/h3-4,7,11H,1-2H2/t7-/m1/s1. The van der Waals surface area contributed by atoms with Gasteiger partial charge in [0, 0.05) is 21.4 Å². The Balaban J connectivity index is 2.31. The minimum Gasteiger partial charge on any atom is -0.310 e. The van der Waals surface area contributed by atoms with Crippen LogP contribution >= 0.6 is 34.2 Å². The Bertz CT molecular complexity index is 299. The first-order valence-corrected chi connectivity index (χ1v) is 5.27. The van der Waals surface area contributed by atoms with E-state index in [9.17, 15) is 0 Å². The molecule has 1 aromatic heterocycles. The molecular formula is C8H8ClIN2. The third-order valence-corrected chi connectivity index (χ3v) is 3.19. The molecule has 2 nitrogen and oxygen atoms in total. The van der Waals surface area contributed by atoms with Crippen LogP contribution in [0.4, 0.5) is 0 Å². The van der Waals surface area contributed by atoms with Crippen molar-refractivity contribution in [3.8, 4) is 0 Å². The summed E-state index contributed by atoms with van der Waals surface area (Å²) < 4.78 is 1.20. The fraction of sp³-hybridized carbons (Fsp3) is 0.375. The zero-order valence-corrected chi connectivity index (χ0v) is 9.26. The maximum Gasteiger partial charge on any atom is 0.130 e. The zero-order chi connectivity index (χ0) is 8.55. The van der Waals surface area contributed by atoms with Crippen LogP contribution in [-0.2, 0) is 0 Å². The second-order valence-electron chi connectivity index (χ2n) is 2.82. The third-order valence-electron chi connectivity index (χ3n) is 2.05. The lowest BCUT2D eigenvalue weighted by Gasteiger charge is -2.28. The largest absolute Gasteiger partial charge is 0.310 e. The normalized spacial score (nSPS) is 22.0. The Hall–Kier alpha value is 0.130. The Labute approximate surface area is 89.9 Å². The van der Waals surface area contributed by atoms with E-state index >= 15 is 0 Å². The molecule has 1 aliphatic heterocycles. The Morgan fingerprint density at radius 3 is 2.92 bits per heavy atom. The molecule has 0 radical (unpaired) electrons. The number of halogens is 2. The first-order valence-electron chi connectivity index (χ1n) is 3.81. The monoisotopic (exact) mass is 294 g/mol. The summed E-state index contributed by atoms with van der Waals surface area (Å²) in [5.41, 5.74) is 1.27. The van der Waals surface area contributed by atoms with Crippen molar-refractivity contribution in [1.29, 1.82) is 0 Å². The number of rotatable bonds is 1. The van der Waals surface area contributed by atoms with Gasteiger partial charge in [-0.05, 0) is 41.6 Å². The summed E-state index contributed by atoms with van der Waals surface area (Å²) in [7, 11) is 0. The van der Waals surface area contributed by atoms with E-state index in [0.717, 1.165) is 6.54 Å². The van der Waals surface area contributed by atoms with Gasteiger partial charge in [-0.1, -0.05) is 11.6 Å². The van der Waals surface area contributed by atoms with Gasteiger partial charge in [0.25, 0.3) is 0 Å². The predicted molar refractivity (Wildman–Crippen MR) is 57.3 cm³/mol. The maximum atomic E-state index is 5.75. The van der Waals surface area contributed by atoms with Crippen LogP contribution in [0.15, 0.2) is 12.3 Å². The Morgan fingerprint density at radius 2 is 2.42 bits per heavy atom. The van der Waals surface area contributed by atoms with Crippen molar-refractivity contribution in [1.82, 2.24) is 10.3 Å². The van der Waals surface area contributed by atoms with Crippen molar-refractivity contribution >= 4 is 34.2 Å². The van der Waals surface area contributed by atoms with Gasteiger partial charge < -0.3 is 5.32 Å². The van der Waals surface area contributed by atoms with Gasteiger partial charge in [-0.3, -0.25) is 0 Å². The van der Waals surface area contributed by atoms with Crippen LogP contribution in [0.5, 0.6) is 0 Å². The van der Waals surface area contributed by atoms with E-state index in [0.29, 0.717) is 11.2 Å². The highest BCUT2D eigenvalue weighted by Gasteiger charge is 2.20. The summed E-state index contributed by atoms with van der Waals surface area (Å²) in [4.78, 5) is 4.06. The van der Waals surface area contributed by atoms with Gasteiger partial charge in [0.2, 0.25) is 0 Å². The van der Waals surface area contributed by atoms with Gasteiger partial charge in [-0.25, -0.2) is 4.98 Å². The predicted octanol–water partition coefficient (Wildman–Crippen LogP) is 2.37. The van der Waals surface area contributed by atoms with Crippen molar-refractivity contribution in [2.45, 2.75) is 12.5 Å². The molecule has 0 aromatic carbocycles. The zero-order valence-electron chi connectivity index (χ0n) is 6.35. The molecule has 0 spiro atoms. The molecule has 4 heteroatoms. The number of hydrogen-bond donors (Lipinski definition) is 1. The van der Waals surface area contributed by atoms with Crippen molar-refractivity contribution in [3.63, 3.8) is 0 Å². The molecule has 64 valence electrons. The van der Waals surface area contributed by atoms with E-state index in [2.05, 4.69) is 32.9 Å². The maximum absolute atomic E-state index is 5.75. The lowest BCUT2D eigenvalue weighted by Crippen LogP contribution is -2.35. The van der Waals surface area contributed by atoms with Crippen LogP contribution in [0.1, 0.15) is 18.0 Å². The fourth-order valence-electron chi connectivity index (χ4n) is 1.23. The SMILES string of the molecule is Clc1cc(I)c([C@H]2CCN2)cn1. The van der Waals surface area contributed by atoms with Gasteiger partial charge in [0.15, 0.2) is 0 Å². The van der Waals surface area contributed by atoms with Gasteiger partial charge in [0.1, 0.15) is 5.15 Å². The first kappa shape index (κ1) is 8.72. The molecule has 1 aromatic rings. The Morgan fingerprint density at radius 1 is 1.67 bits per heavy atom. The molecule has 1 N–H and O–H groups in total. The highest BCUT2D eigenvalue weighted by molar-refractivity contribution is 14.1. The van der Waals surface area contributed by atoms with Crippen LogP contribution in [-0.4, -0.2) is 11.5 Å². The van der Waals surface area contributed by atoms with E-state index in [1.807, 2.05) is 12.3 Å². The van der Waals surface area contributed by atoms with Crippen molar-refractivity contribution in [2.75, 3.05) is 6.54 Å². The molecule has 1 fully saturated rings. The summed E-state index contributed by atoms with van der Waals surface area (Å²) in [6.45, 7) is 1.11. The quantitative estimate of drug-likeness (QED) is 0.635. The lowest BCUT2D eigenvalue weighted by atomic mass is 10.0. The van der Waals surface area contributed by atoms with Gasteiger partial charge in [-0.15, -0.1) is 0 Å². The smallest absolute Gasteiger partial charge is 0.130 e. The molecule has 0 amide bonds. The van der Waals surface area contributed by atoms with Crippen LogP contribution in [0.25, 0.3) is 0 Å². The topological polar surface area (TPSA) is 24.9 Å². The molecule has 2 heterocycles. The molecular weight excluding hydrogens is 286 g/mol. The highest BCUT2D eigenvalue weighted by atomic mass is 127. The van der Waals surface area contributed by atoms with Crippen LogP contribution < -0.4 is 5.32 Å². The van der Waals surface area contributed by atoms with E-state index in [1.54, 1.807) is 0 Å². The molecule has 1 saturated heterocycles. The summed E-state index contributed by atoms with van der Waals surface area (Å²) in [6, 6.07) is 2.40. The van der Waals surface area contributed by atoms with E-state index in [4.69, 9.17) is 11.6 Å². The van der Waals surface area contributed by atoms with Crippen molar-refractivity contribution in [3.05, 3.63) is 26.5 Å². The number of hydrogen-bond acceptors (Lipinski definition) is 2. The molecule has 1 atom stereocenters. The van der Waals surface area contributed by atoms with Crippen LogP contribution in [0.3, 0.4) is 0 Å². The van der Waals surface area contributed by atoms with Gasteiger partial charge in [0.05, 0.1) is 0 Å². The number of nitrogens with one attached hydrogen (secondary N) is 1. The fourth-order valence-corrected chi connectivity index (χ4v) is 2.38. The third kappa shape index (κ3) is 1.58. The summed E-state index contributed by atoms with van der Waals surface area (Å²) in [6.07, 6.45) is 3.07. The number of nitrogens with zero attached hydrogens (tertiary/aromatic N) is 1. The van der Waals surface area contributed by atoms with E-state index in [1.165, 1.54) is 15.6 Å². The second-order valence-corrected chi connectivity index (χ2v) is 4.37. The van der Waals surface area contributed by atoms with Gasteiger partial charge in [-0.2, -0.15) is 0 Å². The summed E-state index contributed by atoms with van der Waals surface area (Å²) in [5, 5.41) is 3.91. The number of pyridine rings is 1. The summed E-state index contributed by atoms with van der Waals surface area (Å²) >= 11 is 8.04. The van der Waals surface area contributed by atoms with E-state index < -0.39 is 0 Å². The number of aromatic nitrogens is 1. The van der Waals surface area contributed by atoms with Crippen molar-refractivity contribution in [2.24, 2.45) is 0 Å². The minimum atomic E-state index is 0.502. The molecule has 0 bridgehead atoms. The second kappa shape index (κ2) is 3.47.